The Kier molecular flexibility index (Phi) is 4.46. The zero-order chi connectivity index (χ0) is 14.0. The molecule has 0 aliphatic heterocycles. The van der Waals surface area contributed by atoms with Gasteiger partial charge in [-0.1, -0.05) is 56.7 Å². The van der Waals surface area contributed by atoms with Gasteiger partial charge in [0.2, 0.25) is 0 Å². The Hall–Kier alpha value is -1.08. The number of hydrogen-bond acceptors (Lipinski definition) is 1. The summed E-state index contributed by atoms with van der Waals surface area (Å²) in [7, 11) is 0. The summed E-state index contributed by atoms with van der Waals surface area (Å²) < 4.78 is 0. The van der Waals surface area contributed by atoms with Crippen molar-refractivity contribution in [1.82, 2.24) is 0 Å². The van der Waals surface area contributed by atoms with E-state index in [1.807, 2.05) is 0 Å². The molecule has 2 rings (SSSR count). The van der Waals surface area contributed by atoms with Crippen molar-refractivity contribution in [3.05, 3.63) is 47.0 Å². The molecule has 0 fully saturated rings. The van der Waals surface area contributed by atoms with Gasteiger partial charge in [0.05, 0.1) is 6.10 Å². The van der Waals surface area contributed by atoms with E-state index in [1.54, 1.807) is 0 Å². The van der Waals surface area contributed by atoms with Gasteiger partial charge in [-0.25, -0.2) is 0 Å². The van der Waals surface area contributed by atoms with Gasteiger partial charge in [0, 0.05) is 0 Å². The minimum absolute atomic E-state index is 0.327. The highest BCUT2D eigenvalue weighted by Gasteiger charge is 2.25. The Morgan fingerprint density at radius 1 is 1.11 bits per heavy atom. The lowest BCUT2D eigenvalue weighted by Crippen LogP contribution is -2.19. The van der Waals surface area contributed by atoms with Crippen LogP contribution in [0.5, 0.6) is 0 Å². The van der Waals surface area contributed by atoms with Crippen LogP contribution in [-0.2, 0) is 0 Å². The molecule has 1 aliphatic rings. The molecule has 0 saturated carbocycles. The maximum Gasteiger partial charge on any atom is 0.0821 e. The van der Waals surface area contributed by atoms with Crippen LogP contribution in [0.2, 0.25) is 0 Å². The summed E-state index contributed by atoms with van der Waals surface area (Å²) in [6.45, 7) is 8.81. The van der Waals surface area contributed by atoms with Gasteiger partial charge in [0.15, 0.2) is 0 Å². The van der Waals surface area contributed by atoms with Crippen molar-refractivity contribution in [2.75, 3.05) is 0 Å². The average Bonchev–Trinajstić information content (AvgIpc) is 2.37. The molecule has 0 bridgehead atoms. The van der Waals surface area contributed by atoms with Crippen LogP contribution < -0.4 is 0 Å². The summed E-state index contributed by atoms with van der Waals surface area (Å²) in [5.74, 6) is 1.50. The highest BCUT2D eigenvalue weighted by Crippen LogP contribution is 2.36. The summed E-state index contributed by atoms with van der Waals surface area (Å²) in [5, 5.41) is 10.6. The van der Waals surface area contributed by atoms with Crippen LogP contribution in [0.15, 0.2) is 35.9 Å². The van der Waals surface area contributed by atoms with Gasteiger partial charge in [-0.3, -0.25) is 0 Å². The second kappa shape index (κ2) is 5.92. The lowest BCUT2D eigenvalue weighted by atomic mass is 9.78. The van der Waals surface area contributed by atoms with Gasteiger partial charge in [0.25, 0.3) is 0 Å². The molecule has 3 unspecified atom stereocenters. The van der Waals surface area contributed by atoms with Crippen molar-refractivity contribution in [2.45, 2.75) is 52.6 Å². The van der Waals surface area contributed by atoms with Crippen molar-refractivity contribution >= 4 is 0 Å². The highest BCUT2D eigenvalue weighted by molar-refractivity contribution is 5.27. The Labute approximate surface area is 117 Å². The molecule has 19 heavy (non-hydrogen) atoms. The molecule has 0 radical (unpaired) electrons. The van der Waals surface area contributed by atoms with Crippen molar-refractivity contribution in [1.29, 1.82) is 0 Å². The van der Waals surface area contributed by atoms with Gasteiger partial charge in [0.1, 0.15) is 0 Å². The van der Waals surface area contributed by atoms with E-state index in [0.29, 0.717) is 17.8 Å². The van der Waals surface area contributed by atoms with Crippen LogP contribution in [0.25, 0.3) is 0 Å². The second-order valence-electron chi connectivity index (χ2n) is 6.46. The molecule has 0 heterocycles. The Morgan fingerprint density at radius 2 is 1.68 bits per heavy atom. The third-order valence-corrected chi connectivity index (χ3v) is 4.22. The normalized spacial score (nSPS) is 25.3. The number of benzene rings is 1. The number of aliphatic hydroxyl groups is 1. The van der Waals surface area contributed by atoms with E-state index in [-0.39, 0.29) is 6.10 Å². The molecule has 0 spiro atoms. The molecular weight excluding hydrogens is 232 g/mol. The van der Waals surface area contributed by atoms with E-state index in [0.717, 1.165) is 18.4 Å². The van der Waals surface area contributed by atoms with Crippen LogP contribution in [0.4, 0.5) is 0 Å². The number of aliphatic hydroxyl groups excluding tert-OH is 1. The van der Waals surface area contributed by atoms with E-state index in [9.17, 15) is 5.11 Å². The molecule has 0 aromatic heterocycles. The fraction of sp³-hybridized carbons (Fsp3) is 0.556. The van der Waals surface area contributed by atoms with E-state index in [1.165, 1.54) is 11.1 Å². The first-order chi connectivity index (χ1) is 8.97. The predicted molar refractivity (Wildman–Crippen MR) is 81.1 cm³/mol. The summed E-state index contributed by atoms with van der Waals surface area (Å²) in [5.41, 5.74) is 3.82. The highest BCUT2D eigenvalue weighted by atomic mass is 16.3. The zero-order valence-electron chi connectivity index (χ0n) is 12.6. The van der Waals surface area contributed by atoms with Gasteiger partial charge in [-0.15, -0.1) is 0 Å². The molecule has 1 aromatic carbocycles. The van der Waals surface area contributed by atoms with Gasteiger partial charge in [-0.2, -0.15) is 0 Å². The number of hydrogen-bond donors (Lipinski definition) is 1. The predicted octanol–water partition coefficient (Wildman–Crippen LogP) is 4.84. The standard InChI is InChI=1S/C18H26O/c1-12(2)15-5-7-16(8-6-15)18(19)17-10-13(3)9-14(4)11-17/h5-9,12-13,17-19H,10-11H2,1-4H3. The fourth-order valence-electron chi connectivity index (χ4n) is 3.19. The minimum Gasteiger partial charge on any atom is -0.388 e. The molecule has 1 heteroatoms. The van der Waals surface area contributed by atoms with E-state index in [2.05, 4.69) is 58.0 Å². The van der Waals surface area contributed by atoms with Crippen molar-refractivity contribution in [2.24, 2.45) is 11.8 Å². The third-order valence-electron chi connectivity index (χ3n) is 4.22. The lowest BCUT2D eigenvalue weighted by molar-refractivity contribution is 0.0932. The summed E-state index contributed by atoms with van der Waals surface area (Å²) in [6, 6.07) is 8.49. The largest absolute Gasteiger partial charge is 0.388 e. The van der Waals surface area contributed by atoms with Gasteiger partial charge in [-0.05, 0) is 48.6 Å². The first-order valence-electron chi connectivity index (χ1n) is 7.42. The van der Waals surface area contributed by atoms with E-state index in [4.69, 9.17) is 0 Å². The molecule has 1 nitrogen and oxygen atoms in total. The topological polar surface area (TPSA) is 20.2 Å². The molecule has 0 saturated heterocycles. The zero-order valence-corrected chi connectivity index (χ0v) is 12.6. The van der Waals surface area contributed by atoms with Crippen molar-refractivity contribution in [3.63, 3.8) is 0 Å². The Bertz CT molecular complexity index is 441. The minimum atomic E-state index is -0.327. The number of allylic oxidation sites excluding steroid dienone is 2. The van der Waals surface area contributed by atoms with Crippen LogP contribution in [0, 0.1) is 11.8 Å². The van der Waals surface area contributed by atoms with Crippen molar-refractivity contribution in [3.8, 4) is 0 Å². The van der Waals surface area contributed by atoms with Crippen LogP contribution in [-0.4, -0.2) is 5.11 Å². The Balaban J connectivity index is 2.11. The second-order valence-corrected chi connectivity index (χ2v) is 6.46. The Morgan fingerprint density at radius 3 is 2.21 bits per heavy atom. The van der Waals surface area contributed by atoms with Gasteiger partial charge >= 0.3 is 0 Å². The molecular formula is C18H26O. The lowest BCUT2D eigenvalue weighted by Gasteiger charge is -2.29. The maximum absolute atomic E-state index is 10.6. The molecule has 1 aromatic rings. The third kappa shape index (κ3) is 3.48. The van der Waals surface area contributed by atoms with Gasteiger partial charge < -0.3 is 5.11 Å². The molecule has 1 N–H and O–H groups in total. The fourth-order valence-corrected chi connectivity index (χ4v) is 3.19. The summed E-state index contributed by atoms with van der Waals surface area (Å²) in [4.78, 5) is 0. The molecule has 3 atom stereocenters. The maximum atomic E-state index is 10.6. The summed E-state index contributed by atoms with van der Waals surface area (Å²) in [6.07, 6.45) is 4.12. The molecule has 104 valence electrons. The summed E-state index contributed by atoms with van der Waals surface area (Å²) >= 11 is 0. The number of rotatable bonds is 3. The molecule has 1 aliphatic carbocycles. The van der Waals surface area contributed by atoms with E-state index < -0.39 is 0 Å². The van der Waals surface area contributed by atoms with Crippen LogP contribution in [0.1, 0.15) is 63.7 Å². The first-order valence-corrected chi connectivity index (χ1v) is 7.42. The van der Waals surface area contributed by atoms with E-state index >= 15 is 0 Å². The first kappa shape index (κ1) is 14.3. The van der Waals surface area contributed by atoms with Crippen LogP contribution >= 0.6 is 0 Å². The van der Waals surface area contributed by atoms with Crippen LogP contribution in [0.3, 0.4) is 0 Å². The van der Waals surface area contributed by atoms with Crippen molar-refractivity contribution < 1.29 is 5.11 Å². The smallest absolute Gasteiger partial charge is 0.0821 e. The average molecular weight is 258 g/mol. The molecule has 0 amide bonds. The quantitative estimate of drug-likeness (QED) is 0.769. The SMILES string of the molecule is CC1=CC(C)CC(C(O)c2ccc(C(C)C)cc2)C1. The monoisotopic (exact) mass is 258 g/mol.